The van der Waals surface area contributed by atoms with Gasteiger partial charge in [0.1, 0.15) is 6.26 Å². The van der Waals surface area contributed by atoms with Gasteiger partial charge in [-0.1, -0.05) is 19.0 Å². The quantitative estimate of drug-likeness (QED) is 0.817. The predicted molar refractivity (Wildman–Crippen MR) is 54.9 cm³/mol. The summed E-state index contributed by atoms with van der Waals surface area (Å²) in [6.45, 7) is 4.34. The van der Waals surface area contributed by atoms with Gasteiger partial charge in [-0.3, -0.25) is 0 Å². The Kier molecular flexibility index (Phi) is 5.75. The Balaban J connectivity index is 0.00000144. The maximum atomic E-state index is 5.88. The van der Waals surface area contributed by atoms with Gasteiger partial charge < -0.3 is 10.3 Å². The van der Waals surface area contributed by atoms with Crippen molar-refractivity contribution in [1.29, 1.82) is 0 Å². The lowest BCUT2D eigenvalue weighted by Crippen LogP contribution is -2.24. The molecule has 0 amide bonds. The SMILES string of the molecule is CC(C)CC(N)Cc1ccon1.Cl. The van der Waals surface area contributed by atoms with Gasteiger partial charge in [-0.2, -0.15) is 0 Å². The third-order valence-corrected chi connectivity index (χ3v) is 1.74. The third-order valence-electron chi connectivity index (χ3n) is 1.74. The van der Waals surface area contributed by atoms with E-state index in [9.17, 15) is 0 Å². The van der Waals surface area contributed by atoms with Crippen molar-refractivity contribution in [3.05, 3.63) is 18.0 Å². The van der Waals surface area contributed by atoms with E-state index in [4.69, 9.17) is 10.3 Å². The molecule has 0 fully saturated rings. The summed E-state index contributed by atoms with van der Waals surface area (Å²) in [5.41, 5.74) is 6.83. The summed E-state index contributed by atoms with van der Waals surface area (Å²) in [7, 11) is 0. The second kappa shape index (κ2) is 6.00. The van der Waals surface area contributed by atoms with Crippen molar-refractivity contribution < 1.29 is 4.52 Å². The van der Waals surface area contributed by atoms with Gasteiger partial charge in [-0.15, -0.1) is 12.4 Å². The standard InChI is InChI=1S/C9H16N2O.ClH/c1-7(2)5-8(10)6-9-3-4-12-11-9;/h3-4,7-8H,5-6,10H2,1-2H3;1H. The first kappa shape index (κ1) is 12.5. The summed E-state index contributed by atoms with van der Waals surface area (Å²) < 4.78 is 4.71. The third kappa shape index (κ3) is 4.90. The molecule has 0 aliphatic carbocycles. The van der Waals surface area contributed by atoms with Gasteiger partial charge in [0, 0.05) is 18.5 Å². The average molecular weight is 205 g/mol. The highest BCUT2D eigenvalue weighted by atomic mass is 35.5. The zero-order valence-electron chi connectivity index (χ0n) is 8.06. The lowest BCUT2D eigenvalue weighted by molar-refractivity contribution is 0.404. The molecule has 1 aromatic heterocycles. The van der Waals surface area contributed by atoms with Crippen molar-refractivity contribution in [2.24, 2.45) is 11.7 Å². The van der Waals surface area contributed by atoms with E-state index < -0.39 is 0 Å². The van der Waals surface area contributed by atoms with Crippen molar-refractivity contribution in [2.45, 2.75) is 32.7 Å². The first-order chi connectivity index (χ1) is 5.68. The number of nitrogens with zero attached hydrogens (tertiary/aromatic N) is 1. The molecule has 0 spiro atoms. The molecule has 1 atom stereocenters. The predicted octanol–water partition coefficient (Wildman–Crippen LogP) is 2.01. The highest BCUT2D eigenvalue weighted by Gasteiger charge is 2.07. The van der Waals surface area contributed by atoms with Crippen LogP contribution in [0.5, 0.6) is 0 Å². The number of hydrogen-bond acceptors (Lipinski definition) is 3. The molecular formula is C9H17ClN2O. The lowest BCUT2D eigenvalue weighted by Gasteiger charge is -2.11. The monoisotopic (exact) mass is 204 g/mol. The largest absolute Gasteiger partial charge is 0.365 e. The molecule has 2 N–H and O–H groups in total. The van der Waals surface area contributed by atoms with Crippen LogP contribution in [0.1, 0.15) is 26.0 Å². The molecule has 0 bridgehead atoms. The number of rotatable bonds is 4. The van der Waals surface area contributed by atoms with Crippen LogP contribution in [0.25, 0.3) is 0 Å². The van der Waals surface area contributed by atoms with Crippen LogP contribution in [0, 0.1) is 5.92 Å². The van der Waals surface area contributed by atoms with Crippen LogP contribution in [-0.4, -0.2) is 11.2 Å². The van der Waals surface area contributed by atoms with E-state index in [1.165, 1.54) is 0 Å². The highest BCUT2D eigenvalue weighted by molar-refractivity contribution is 5.85. The molecule has 0 aliphatic rings. The summed E-state index contributed by atoms with van der Waals surface area (Å²) in [5, 5.41) is 3.81. The summed E-state index contributed by atoms with van der Waals surface area (Å²) in [4.78, 5) is 0. The molecule has 1 aromatic rings. The fourth-order valence-electron chi connectivity index (χ4n) is 1.30. The van der Waals surface area contributed by atoms with Crippen LogP contribution in [-0.2, 0) is 6.42 Å². The fraction of sp³-hybridized carbons (Fsp3) is 0.667. The number of halogens is 1. The van der Waals surface area contributed by atoms with Crippen molar-refractivity contribution in [1.82, 2.24) is 5.16 Å². The molecule has 0 radical (unpaired) electrons. The maximum Gasteiger partial charge on any atom is 0.124 e. The molecule has 3 nitrogen and oxygen atoms in total. The summed E-state index contributed by atoms with van der Waals surface area (Å²) in [5.74, 6) is 0.645. The molecular weight excluding hydrogens is 188 g/mol. The smallest absolute Gasteiger partial charge is 0.124 e. The van der Waals surface area contributed by atoms with Gasteiger partial charge in [-0.25, -0.2) is 0 Å². The van der Waals surface area contributed by atoms with Crippen molar-refractivity contribution in [3.63, 3.8) is 0 Å². The minimum Gasteiger partial charge on any atom is -0.365 e. The van der Waals surface area contributed by atoms with E-state index >= 15 is 0 Å². The van der Waals surface area contributed by atoms with Crippen molar-refractivity contribution in [3.8, 4) is 0 Å². The Bertz CT molecular complexity index is 211. The van der Waals surface area contributed by atoms with E-state index in [0.29, 0.717) is 5.92 Å². The number of hydrogen-bond donors (Lipinski definition) is 1. The Labute approximate surface area is 85.1 Å². The highest BCUT2D eigenvalue weighted by Crippen LogP contribution is 2.07. The van der Waals surface area contributed by atoms with E-state index in [-0.39, 0.29) is 18.4 Å². The Morgan fingerprint density at radius 3 is 2.69 bits per heavy atom. The first-order valence-electron chi connectivity index (χ1n) is 4.33. The zero-order valence-corrected chi connectivity index (χ0v) is 8.88. The summed E-state index contributed by atoms with van der Waals surface area (Å²) >= 11 is 0. The Morgan fingerprint density at radius 1 is 1.54 bits per heavy atom. The van der Waals surface area contributed by atoms with Crippen LogP contribution in [0.3, 0.4) is 0 Å². The van der Waals surface area contributed by atoms with Crippen LogP contribution in [0.4, 0.5) is 0 Å². The zero-order chi connectivity index (χ0) is 8.97. The molecule has 0 saturated heterocycles. The molecule has 4 heteroatoms. The first-order valence-corrected chi connectivity index (χ1v) is 4.33. The minimum atomic E-state index is 0. The second-order valence-electron chi connectivity index (χ2n) is 3.58. The molecule has 1 heterocycles. The van der Waals surface area contributed by atoms with Crippen molar-refractivity contribution in [2.75, 3.05) is 0 Å². The molecule has 0 aliphatic heterocycles. The maximum absolute atomic E-state index is 5.88. The molecule has 0 saturated carbocycles. The Morgan fingerprint density at radius 2 is 2.23 bits per heavy atom. The fourth-order valence-corrected chi connectivity index (χ4v) is 1.30. The van der Waals surface area contributed by atoms with Crippen LogP contribution < -0.4 is 5.73 Å². The molecule has 1 unspecified atom stereocenters. The summed E-state index contributed by atoms with van der Waals surface area (Å²) in [6, 6.07) is 2.07. The van der Waals surface area contributed by atoms with Gasteiger partial charge in [0.25, 0.3) is 0 Å². The molecule has 76 valence electrons. The topological polar surface area (TPSA) is 52.0 Å². The van der Waals surface area contributed by atoms with Crippen molar-refractivity contribution >= 4 is 12.4 Å². The molecule has 1 rings (SSSR count). The van der Waals surface area contributed by atoms with Crippen LogP contribution >= 0.6 is 12.4 Å². The minimum absolute atomic E-state index is 0. The second-order valence-corrected chi connectivity index (χ2v) is 3.58. The number of nitrogens with two attached hydrogens (primary N) is 1. The van der Waals surface area contributed by atoms with Gasteiger partial charge in [0.05, 0.1) is 5.69 Å². The van der Waals surface area contributed by atoms with Crippen LogP contribution in [0.15, 0.2) is 16.9 Å². The Hall–Kier alpha value is -0.540. The summed E-state index contributed by atoms with van der Waals surface area (Å²) in [6.07, 6.45) is 3.43. The number of aromatic nitrogens is 1. The molecule has 0 aromatic carbocycles. The van der Waals surface area contributed by atoms with Gasteiger partial charge in [0.2, 0.25) is 0 Å². The van der Waals surface area contributed by atoms with E-state index in [2.05, 4.69) is 19.0 Å². The van der Waals surface area contributed by atoms with E-state index in [0.717, 1.165) is 18.5 Å². The lowest BCUT2D eigenvalue weighted by atomic mass is 10.0. The van der Waals surface area contributed by atoms with Gasteiger partial charge in [0.15, 0.2) is 0 Å². The average Bonchev–Trinajstić information content (AvgIpc) is 2.37. The van der Waals surface area contributed by atoms with E-state index in [1.54, 1.807) is 6.26 Å². The molecule has 13 heavy (non-hydrogen) atoms. The normalized spacial score (nSPS) is 12.6. The van der Waals surface area contributed by atoms with Gasteiger partial charge >= 0.3 is 0 Å². The van der Waals surface area contributed by atoms with Gasteiger partial charge in [-0.05, 0) is 12.3 Å². The van der Waals surface area contributed by atoms with Crippen LogP contribution in [0.2, 0.25) is 0 Å². The van der Waals surface area contributed by atoms with E-state index in [1.807, 2.05) is 6.07 Å².